The van der Waals surface area contributed by atoms with E-state index >= 15 is 0 Å². The highest BCUT2D eigenvalue weighted by Crippen LogP contribution is 2.43. The van der Waals surface area contributed by atoms with Crippen LogP contribution in [0.3, 0.4) is 0 Å². The van der Waals surface area contributed by atoms with E-state index in [9.17, 15) is 0 Å². The van der Waals surface area contributed by atoms with Crippen LogP contribution in [0.25, 0.3) is 10.2 Å². The summed E-state index contributed by atoms with van der Waals surface area (Å²) in [5, 5.41) is 6.31. The highest BCUT2D eigenvalue weighted by Gasteiger charge is 2.32. The number of hydrogen-bond donors (Lipinski definition) is 1. The third kappa shape index (κ3) is 4.41. The Balaban J connectivity index is 1.50. The molecule has 1 fully saturated rings. The summed E-state index contributed by atoms with van der Waals surface area (Å²) < 4.78 is 16.8. The Bertz CT molecular complexity index is 1060. The van der Waals surface area contributed by atoms with Gasteiger partial charge >= 0.3 is 0 Å². The van der Waals surface area contributed by atoms with E-state index in [1.807, 2.05) is 5.38 Å². The van der Waals surface area contributed by atoms with Crippen LogP contribution in [0.2, 0.25) is 0 Å². The van der Waals surface area contributed by atoms with Crippen molar-refractivity contribution >= 4 is 44.7 Å². The predicted molar refractivity (Wildman–Crippen MR) is 126 cm³/mol. The van der Waals surface area contributed by atoms with E-state index in [-0.39, 0.29) is 11.7 Å². The van der Waals surface area contributed by atoms with E-state index in [0.29, 0.717) is 24.5 Å². The van der Waals surface area contributed by atoms with Crippen molar-refractivity contribution in [3.8, 4) is 5.88 Å². The number of nitrogens with zero attached hydrogens (tertiary/aromatic N) is 4. The van der Waals surface area contributed by atoms with Gasteiger partial charge in [-0.25, -0.2) is 4.98 Å². The minimum absolute atomic E-state index is 0.188. The number of thiophene rings is 1. The highest BCUT2D eigenvalue weighted by atomic mass is 32.1. The van der Waals surface area contributed by atoms with E-state index in [2.05, 4.69) is 42.5 Å². The lowest BCUT2D eigenvalue weighted by atomic mass is 9.92. The Morgan fingerprint density at radius 2 is 2.00 bits per heavy atom. The summed E-state index contributed by atoms with van der Waals surface area (Å²) in [7, 11) is 4.33. The van der Waals surface area contributed by atoms with Gasteiger partial charge in [0.05, 0.1) is 29.5 Å². The minimum atomic E-state index is -0.193. The Morgan fingerprint density at radius 3 is 2.71 bits per heavy atom. The van der Waals surface area contributed by atoms with Crippen molar-refractivity contribution in [2.75, 3.05) is 19.4 Å². The van der Waals surface area contributed by atoms with Gasteiger partial charge in [0.25, 0.3) is 0 Å². The molecule has 0 spiro atoms. The lowest BCUT2D eigenvalue weighted by Crippen LogP contribution is -2.35. The van der Waals surface area contributed by atoms with Gasteiger partial charge < -0.3 is 19.7 Å². The highest BCUT2D eigenvalue weighted by molar-refractivity contribution is 7.18. The normalized spacial score (nSPS) is 23.1. The quantitative estimate of drug-likeness (QED) is 0.576. The minimum Gasteiger partial charge on any atom is -0.474 e. The third-order valence-corrected chi connectivity index (χ3v) is 7.92. The summed E-state index contributed by atoms with van der Waals surface area (Å²) in [5.74, 6) is 1.27. The summed E-state index contributed by atoms with van der Waals surface area (Å²) >= 11 is 3.09. The van der Waals surface area contributed by atoms with E-state index in [4.69, 9.17) is 19.4 Å². The van der Waals surface area contributed by atoms with Crippen molar-refractivity contribution in [1.82, 2.24) is 19.2 Å². The maximum Gasteiger partial charge on any atom is 0.231 e. The SMILES string of the molecule is CN(C)C1CCC(Oc2nc(Nc3cnsc3)nc3sc4c(c23)CC(C)(C)OC4)CC1. The van der Waals surface area contributed by atoms with Crippen LogP contribution >= 0.6 is 22.9 Å². The molecule has 0 amide bonds. The van der Waals surface area contributed by atoms with Crippen LogP contribution < -0.4 is 10.1 Å². The number of hydrogen-bond acceptors (Lipinski definition) is 9. The first-order valence-corrected chi connectivity index (χ1v) is 12.5. The molecule has 4 heterocycles. The molecule has 3 aromatic heterocycles. The van der Waals surface area contributed by atoms with E-state index in [1.165, 1.54) is 22.0 Å². The molecule has 0 atom stereocenters. The largest absolute Gasteiger partial charge is 0.474 e. The fourth-order valence-electron chi connectivity index (χ4n) is 4.49. The second kappa shape index (κ2) is 8.27. The van der Waals surface area contributed by atoms with Crippen LogP contribution in [0.15, 0.2) is 11.6 Å². The van der Waals surface area contributed by atoms with Crippen molar-refractivity contribution in [3.63, 3.8) is 0 Å². The van der Waals surface area contributed by atoms with Crippen molar-refractivity contribution in [3.05, 3.63) is 22.0 Å². The summed E-state index contributed by atoms with van der Waals surface area (Å²) in [4.78, 5) is 14.2. The van der Waals surface area contributed by atoms with Gasteiger partial charge in [-0.05, 0) is 70.7 Å². The van der Waals surface area contributed by atoms with Gasteiger partial charge in [-0.15, -0.1) is 11.3 Å². The molecular formula is C22H29N5O2S2. The molecule has 0 saturated heterocycles. The molecule has 1 aliphatic carbocycles. The zero-order valence-corrected chi connectivity index (χ0v) is 20.1. The zero-order valence-electron chi connectivity index (χ0n) is 18.5. The van der Waals surface area contributed by atoms with Crippen LogP contribution in [0.5, 0.6) is 5.88 Å². The number of anilines is 2. The molecule has 2 aliphatic rings. The Morgan fingerprint density at radius 1 is 1.19 bits per heavy atom. The topological polar surface area (TPSA) is 72.4 Å². The summed E-state index contributed by atoms with van der Waals surface area (Å²) in [6.07, 6.45) is 7.22. The molecule has 1 saturated carbocycles. The molecule has 7 nitrogen and oxygen atoms in total. The van der Waals surface area contributed by atoms with Gasteiger partial charge in [0.15, 0.2) is 0 Å². The van der Waals surface area contributed by atoms with E-state index in [1.54, 1.807) is 17.5 Å². The lowest BCUT2D eigenvalue weighted by Gasteiger charge is -2.33. The summed E-state index contributed by atoms with van der Waals surface area (Å²) in [5.41, 5.74) is 1.99. The van der Waals surface area contributed by atoms with Crippen molar-refractivity contribution in [2.24, 2.45) is 0 Å². The zero-order chi connectivity index (χ0) is 21.6. The molecule has 31 heavy (non-hydrogen) atoms. The molecular weight excluding hydrogens is 430 g/mol. The van der Waals surface area contributed by atoms with Gasteiger partial charge in [-0.3, -0.25) is 0 Å². The van der Waals surface area contributed by atoms with Gasteiger partial charge in [-0.1, -0.05) is 0 Å². The first kappa shape index (κ1) is 21.1. The number of rotatable bonds is 5. The molecule has 166 valence electrons. The average Bonchev–Trinajstić information content (AvgIpc) is 3.35. The van der Waals surface area contributed by atoms with Gasteiger partial charge in [-0.2, -0.15) is 9.36 Å². The van der Waals surface area contributed by atoms with Gasteiger partial charge in [0.1, 0.15) is 10.9 Å². The maximum absolute atomic E-state index is 6.59. The number of fused-ring (bicyclic) bond motifs is 3. The second-order valence-corrected chi connectivity index (χ2v) is 11.1. The Labute approximate surface area is 191 Å². The summed E-state index contributed by atoms with van der Waals surface area (Å²) in [6.45, 7) is 4.90. The smallest absolute Gasteiger partial charge is 0.231 e. The number of aromatic nitrogens is 3. The second-order valence-electron chi connectivity index (χ2n) is 9.31. The monoisotopic (exact) mass is 459 g/mol. The van der Waals surface area contributed by atoms with Crippen LogP contribution in [-0.2, 0) is 17.8 Å². The maximum atomic E-state index is 6.59. The van der Waals surface area contributed by atoms with Crippen LogP contribution in [-0.4, -0.2) is 51.1 Å². The van der Waals surface area contributed by atoms with E-state index in [0.717, 1.165) is 48.0 Å². The first-order chi connectivity index (χ1) is 14.9. The molecule has 1 N–H and O–H groups in total. The summed E-state index contributed by atoms with van der Waals surface area (Å²) in [6, 6.07) is 0.639. The van der Waals surface area contributed by atoms with Gasteiger partial charge in [0.2, 0.25) is 11.8 Å². The van der Waals surface area contributed by atoms with Crippen molar-refractivity contribution in [1.29, 1.82) is 0 Å². The number of ether oxygens (including phenoxy) is 2. The van der Waals surface area contributed by atoms with Crippen molar-refractivity contribution in [2.45, 2.75) is 70.3 Å². The van der Waals surface area contributed by atoms with Crippen LogP contribution in [0.1, 0.15) is 50.0 Å². The third-order valence-electron chi connectivity index (χ3n) is 6.24. The fraction of sp³-hybridized carbons (Fsp3) is 0.591. The molecule has 0 bridgehead atoms. The predicted octanol–water partition coefficient (Wildman–Crippen LogP) is 4.99. The average molecular weight is 460 g/mol. The first-order valence-electron chi connectivity index (χ1n) is 10.8. The molecule has 1 aliphatic heterocycles. The molecule has 0 aromatic carbocycles. The molecule has 0 unspecified atom stereocenters. The molecule has 0 radical (unpaired) electrons. The van der Waals surface area contributed by atoms with Crippen molar-refractivity contribution < 1.29 is 9.47 Å². The van der Waals surface area contributed by atoms with E-state index < -0.39 is 0 Å². The Hall–Kier alpha value is -1.81. The molecule has 5 rings (SSSR count). The number of nitrogens with one attached hydrogen (secondary N) is 1. The fourth-order valence-corrected chi connectivity index (χ4v) is 6.05. The molecule has 9 heteroatoms. The van der Waals surface area contributed by atoms with Crippen LogP contribution in [0.4, 0.5) is 11.6 Å². The van der Waals surface area contributed by atoms with Gasteiger partial charge in [0, 0.05) is 22.7 Å². The lowest BCUT2D eigenvalue weighted by molar-refractivity contribution is -0.0379. The molecule has 3 aromatic rings. The standard InChI is InChI=1S/C22H29N5O2S2/c1-22(2)9-16-17(11-28-22)31-20-18(16)19(25-21(26-20)24-13-10-23-30-12-13)29-15-7-5-14(6-8-15)27(3)4/h10,12,14-15H,5-9,11H2,1-4H3,(H,24,25,26). The van der Waals surface area contributed by atoms with Crippen LogP contribution in [0, 0.1) is 0 Å². The Kier molecular flexibility index (Phi) is 5.62.